The number of rotatable bonds is 4. The zero-order chi connectivity index (χ0) is 16.2. The fourth-order valence-electron chi connectivity index (χ4n) is 1.63. The monoisotopic (exact) mass is 315 g/mol. The van der Waals surface area contributed by atoms with Gasteiger partial charge in [-0.3, -0.25) is 14.5 Å². The Hall–Kier alpha value is -2.78. The molecule has 0 aliphatic rings. The van der Waals surface area contributed by atoms with Crippen LogP contribution in [0.2, 0.25) is 0 Å². The van der Waals surface area contributed by atoms with Crippen LogP contribution in [-0.4, -0.2) is 40.6 Å². The van der Waals surface area contributed by atoms with Gasteiger partial charge in [-0.25, -0.2) is 9.78 Å². The van der Waals surface area contributed by atoms with Crippen molar-refractivity contribution in [1.29, 1.82) is 0 Å². The molecule has 0 aromatic carbocycles. The minimum Gasteiger partial charge on any atom is -0.345 e. The van der Waals surface area contributed by atoms with Gasteiger partial charge in [-0.05, 0) is 12.1 Å². The number of carbonyl (C=O) groups is 2. The quantitative estimate of drug-likeness (QED) is 0.790. The first-order valence-electron chi connectivity index (χ1n) is 6.15. The minimum absolute atomic E-state index is 0.406. The highest BCUT2D eigenvalue weighted by molar-refractivity contribution is 5.91. The topological polar surface area (TPSA) is 87.5 Å². The molecule has 0 bridgehead atoms. The highest BCUT2D eigenvalue weighted by Gasteiger charge is 2.27. The molecule has 0 aliphatic heterocycles. The molecule has 7 nitrogen and oxygen atoms in total. The molecule has 118 valence electrons. The Morgan fingerprint density at radius 1 is 1.23 bits per heavy atom. The maximum Gasteiger partial charge on any atom is 0.405 e. The van der Waals surface area contributed by atoms with Crippen LogP contribution in [0, 0.1) is 0 Å². The van der Waals surface area contributed by atoms with Crippen molar-refractivity contribution in [3.8, 4) is 0 Å². The van der Waals surface area contributed by atoms with Crippen molar-refractivity contribution in [3.63, 3.8) is 0 Å². The van der Waals surface area contributed by atoms with Crippen LogP contribution in [0.25, 0.3) is 5.65 Å². The van der Waals surface area contributed by atoms with E-state index in [-0.39, 0.29) is 0 Å². The lowest BCUT2D eigenvalue weighted by Crippen LogP contribution is -2.42. The van der Waals surface area contributed by atoms with E-state index >= 15 is 0 Å². The number of fused-ring (bicyclic) bond motifs is 1. The van der Waals surface area contributed by atoms with Gasteiger partial charge in [0.25, 0.3) is 0 Å². The summed E-state index contributed by atoms with van der Waals surface area (Å²) in [6.45, 7) is -2.01. The Labute approximate surface area is 122 Å². The maximum absolute atomic E-state index is 11.9. The standard InChI is InChI=1S/C12H12F3N5O2/c13-12(14,15)7-18-10(21)6-17-11(22)19-9-3-1-2-8-16-4-5-20(8)9/h1-5H,6-7H2,(H,18,21)(H2,17,19,22). The summed E-state index contributed by atoms with van der Waals surface area (Å²) in [5.74, 6) is -0.531. The van der Waals surface area contributed by atoms with Crippen molar-refractivity contribution in [3.05, 3.63) is 30.6 Å². The van der Waals surface area contributed by atoms with E-state index in [0.29, 0.717) is 11.5 Å². The molecule has 0 atom stereocenters. The molecular formula is C12H12F3N5O2. The smallest absolute Gasteiger partial charge is 0.345 e. The molecule has 0 fully saturated rings. The molecule has 0 spiro atoms. The fraction of sp³-hybridized carbons (Fsp3) is 0.250. The average Bonchev–Trinajstić information content (AvgIpc) is 2.91. The number of pyridine rings is 1. The van der Waals surface area contributed by atoms with Crippen molar-refractivity contribution >= 4 is 23.4 Å². The van der Waals surface area contributed by atoms with E-state index in [1.807, 2.05) is 0 Å². The lowest BCUT2D eigenvalue weighted by atomic mass is 10.4. The highest BCUT2D eigenvalue weighted by Crippen LogP contribution is 2.12. The number of amides is 3. The van der Waals surface area contributed by atoms with Crippen molar-refractivity contribution in [2.75, 3.05) is 18.4 Å². The van der Waals surface area contributed by atoms with Gasteiger partial charge in [0.15, 0.2) is 0 Å². The number of alkyl halides is 3. The van der Waals surface area contributed by atoms with Crippen molar-refractivity contribution in [2.45, 2.75) is 6.18 Å². The third-order valence-electron chi connectivity index (χ3n) is 2.57. The second-order valence-corrected chi connectivity index (χ2v) is 4.27. The third-order valence-corrected chi connectivity index (χ3v) is 2.57. The maximum atomic E-state index is 11.9. The van der Waals surface area contributed by atoms with E-state index in [1.54, 1.807) is 40.3 Å². The molecule has 2 aromatic rings. The van der Waals surface area contributed by atoms with Gasteiger partial charge in [0, 0.05) is 12.4 Å². The van der Waals surface area contributed by atoms with E-state index in [0.717, 1.165) is 0 Å². The number of carbonyl (C=O) groups excluding carboxylic acids is 2. The molecule has 22 heavy (non-hydrogen) atoms. The molecule has 2 heterocycles. The molecule has 3 amide bonds. The van der Waals surface area contributed by atoms with Crippen molar-refractivity contribution in [1.82, 2.24) is 20.0 Å². The Morgan fingerprint density at radius 3 is 2.73 bits per heavy atom. The van der Waals surface area contributed by atoms with Crippen molar-refractivity contribution in [2.24, 2.45) is 0 Å². The number of nitrogens with zero attached hydrogens (tertiary/aromatic N) is 2. The van der Waals surface area contributed by atoms with Crippen LogP contribution in [0.15, 0.2) is 30.6 Å². The van der Waals surface area contributed by atoms with E-state index in [1.165, 1.54) is 0 Å². The summed E-state index contributed by atoms with van der Waals surface area (Å²) in [4.78, 5) is 26.8. The summed E-state index contributed by atoms with van der Waals surface area (Å²) in [6, 6.07) is 4.29. The summed E-state index contributed by atoms with van der Waals surface area (Å²) < 4.78 is 37.3. The highest BCUT2D eigenvalue weighted by atomic mass is 19.4. The first-order chi connectivity index (χ1) is 10.3. The van der Waals surface area contributed by atoms with Crippen LogP contribution in [-0.2, 0) is 4.79 Å². The van der Waals surface area contributed by atoms with Gasteiger partial charge in [0.2, 0.25) is 5.91 Å². The van der Waals surface area contributed by atoms with Gasteiger partial charge in [0.05, 0.1) is 6.54 Å². The van der Waals surface area contributed by atoms with Crippen LogP contribution in [0.4, 0.5) is 23.8 Å². The molecule has 10 heteroatoms. The summed E-state index contributed by atoms with van der Waals surface area (Å²) in [6.07, 6.45) is -1.32. The number of aromatic nitrogens is 2. The first kappa shape index (κ1) is 15.6. The molecular weight excluding hydrogens is 303 g/mol. The van der Waals surface area contributed by atoms with Crippen LogP contribution < -0.4 is 16.0 Å². The lowest BCUT2D eigenvalue weighted by molar-refractivity contribution is -0.137. The number of nitrogens with one attached hydrogen (secondary N) is 3. The SMILES string of the molecule is O=C(CNC(=O)Nc1cccc2nccn12)NCC(F)(F)F. The predicted octanol–water partition coefficient (Wildman–Crippen LogP) is 1.13. The zero-order valence-corrected chi connectivity index (χ0v) is 11.1. The normalized spacial score (nSPS) is 11.2. The van der Waals surface area contributed by atoms with Gasteiger partial charge in [0.1, 0.15) is 18.0 Å². The number of hydrogen-bond donors (Lipinski definition) is 3. The van der Waals surface area contributed by atoms with Gasteiger partial charge in [-0.2, -0.15) is 13.2 Å². The second kappa shape index (κ2) is 6.33. The van der Waals surface area contributed by atoms with Crippen molar-refractivity contribution < 1.29 is 22.8 Å². The summed E-state index contributed by atoms with van der Waals surface area (Å²) in [5, 5.41) is 6.28. The van der Waals surface area contributed by atoms with E-state index in [9.17, 15) is 22.8 Å². The zero-order valence-electron chi connectivity index (χ0n) is 11.1. The predicted molar refractivity (Wildman–Crippen MR) is 71.3 cm³/mol. The van der Waals surface area contributed by atoms with Crippen LogP contribution in [0.5, 0.6) is 0 Å². The second-order valence-electron chi connectivity index (χ2n) is 4.27. The molecule has 2 aromatic heterocycles. The van der Waals surface area contributed by atoms with E-state index in [4.69, 9.17) is 0 Å². The summed E-state index contributed by atoms with van der Waals surface area (Å²) in [7, 11) is 0. The van der Waals surface area contributed by atoms with Crippen LogP contribution in [0.1, 0.15) is 0 Å². The first-order valence-corrected chi connectivity index (χ1v) is 6.15. The number of halogens is 3. The van der Waals surface area contributed by atoms with Gasteiger partial charge < -0.3 is 10.6 Å². The van der Waals surface area contributed by atoms with Gasteiger partial charge in [-0.15, -0.1) is 0 Å². The summed E-state index contributed by atoms with van der Waals surface area (Å²) >= 11 is 0. The minimum atomic E-state index is -4.49. The Balaban J connectivity index is 1.83. The molecule has 0 saturated carbocycles. The fourth-order valence-corrected chi connectivity index (χ4v) is 1.63. The molecule has 2 rings (SSSR count). The van der Waals surface area contributed by atoms with Gasteiger partial charge >= 0.3 is 12.2 Å². The van der Waals surface area contributed by atoms with E-state index < -0.39 is 31.2 Å². The average molecular weight is 315 g/mol. The number of imidazole rings is 1. The third kappa shape index (κ3) is 4.36. The Morgan fingerprint density at radius 2 is 2.00 bits per heavy atom. The number of urea groups is 1. The van der Waals surface area contributed by atoms with Crippen LogP contribution >= 0.6 is 0 Å². The lowest BCUT2D eigenvalue weighted by Gasteiger charge is -2.10. The van der Waals surface area contributed by atoms with E-state index in [2.05, 4.69) is 15.6 Å². The molecule has 0 aliphatic carbocycles. The summed E-state index contributed by atoms with van der Waals surface area (Å²) in [5.41, 5.74) is 0.612. The number of hydrogen-bond acceptors (Lipinski definition) is 3. The Kier molecular flexibility index (Phi) is 4.49. The molecule has 3 N–H and O–H groups in total. The molecule has 0 unspecified atom stereocenters. The van der Waals surface area contributed by atoms with Crippen LogP contribution in [0.3, 0.4) is 0 Å². The largest absolute Gasteiger partial charge is 0.405 e. The van der Waals surface area contributed by atoms with Gasteiger partial charge in [-0.1, -0.05) is 6.07 Å². The molecule has 0 saturated heterocycles. The Bertz CT molecular complexity index is 683. The molecule has 0 radical (unpaired) electrons. The number of anilines is 1.